The van der Waals surface area contributed by atoms with E-state index >= 15 is 0 Å². The van der Waals surface area contributed by atoms with Crippen LogP contribution < -0.4 is 9.47 Å². The van der Waals surface area contributed by atoms with E-state index < -0.39 is 0 Å². The summed E-state index contributed by atoms with van der Waals surface area (Å²) >= 11 is 0.953. The second-order valence-corrected chi connectivity index (χ2v) is 7.09. The number of imide groups is 1. The molecule has 5 nitrogen and oxygen atoms in total. The molecular formula is C21H21NO4S. The zero-order chi connectivity index (χ0) is 19.4. The van der Waals surface area contributed by atoms with Crippen molar-refractivity contribution in [3.8, 4) is 11.5 Å². The molecule has 6 heteroatoms. The van der Waals surface area contributed by atoms with E-state index in [1.165, 1.54) is 4.90 Å². The van der Waals surface area contributed by atoms with Crippen LogP contribution in [-0.2, 0) is 11.3 Å². The minimum absolute atomic E-state index is 0.260. The minimum atomic E-state index is -0.279. The number of hydrogen-bond acceptors (Lipinski definition) is 5. The van der Waals surface area contributed by atoms with E-state index in [-0.39, 0.29) is 17.7 Å². The van der Waals surface area contributed by atoms with Gasteiger partial charge in [0.1, 0.15) is 0 Å². The van der Waals surface area contributed by atoms with Gasteiger partial charge in [0.2, 0.25) is 0 Å². The summed E-state index contributed by atoms with van der Waals surface area (Å²) < 4.78 is 10.8. The average molecular weight is 383 g/mol. The molecule has 1 heterocycles. The maximum absolute atomic E-state index is 12.7. The lowest BCUT2D eigenvalue weighted by Crippen LogP contribution is -2.27. The van der Waals surface area contributed by atoms with Gasteiger partial charge >= 0.3 is 0 Å². The molecule has 2 amide bonds. The van der Waals surface area contributed by atoms with Crippen molar-refractivity contribution in [2.45, 2.75) is 20.4 Å². The zero-order valence-electron chi connectivity index (χ0n) is 15.5. The topological polar surface area (TPSA) is 55.8 Å². The molecule has 3 rings (SSSR count). The van der Waals surface area contributed by atoms with E-state index in [0.29, 0.717) is 23.0 Å². The van der Waals surface area contributed by atoms with Crippen molar-refractivity contribution >= 4 is 29.0 Å². The monoisotopic (exact) mass is 383 g/mol. The molecule has 0 spiro atoms. The number of rotatable bonds is 6. The van der Waals surface area contributed by atoms with Crippen LogP contribution >= 0.6 is 11.8 Å². The lowest BCUT2D eigenvalue weighted by Gasteiger charge is -2.12. The minimum Gasteiger partial charge on any atom is -0.493 e. The molecule has 2 aromatic rings. The molecule has 1 saturated heterocycles. The van der Waals surface area contributed by atoms with Crippen LogP contribution in [0, 0.1) is 6.92 Å². The Bertz CT molecular complexity index is 890. The van der Waals surface area contributed by atoms with Crippen LogP contribution in [0.1, 0.15) is 23.6 Å². The van der Waals surface area contributed by atoms with Gasteiger partial charge in [-0.1, -0.05) is 35.9 Å². The molecular weight excluding hydrogens is 362 g/mol. The molecule has 0 saturated carbocycles. The lowest BCUT2D eigenvalue weighted by atomic mass is 10.1. The Kier molecular flexibility index (Phi) is 5.86. The molecule has 0 aromatic heterocycles. The highest BCUT2D eigenvalue weighted by Crippen LogP contribution is 2.35. The summed E-state index contributed by atoms with van der Waals surface area (Å²) in [5.41, 5.74) is 2.83. The summed E-state index contributed by atoms with van der Waals surface area (Å²) in [6.07, 6.45) is 1.71. The van der Waals surface area contributed by atoms with Crippen LogP contribution in [0.4, 0.5) is 4.79 Å². The second-order valence-electron chi connectivity index (χ2n) is 6.10. The zero-order valence-corrected chi connectivity index (χ0v) is 16.3. The largest absolute Gasteiger partial charge is 0.493 e. The third-order valence-corrected chi connectivity index (χ3v) is 5.03. The first-order valence-corrected chi connectivity index (χ1v) is 9.45. The summed E-state index contributed by atoms with van der Waals surface area (Å²) in [4.78, 5) is 26.6. The maximum atomic E-state index is 12.7. The van der Waals surface area contributed by atoms with Crippen molar-refractivity contribution in [1.29, 1.82) is 0 Å². The fraction of sp³-hybridized carbons (Fsp3) is 0.238. The van der Waals surface area contributed by atoms with Crippen molar-refractivity contribution < 1.29 is 19.1 Å². The van der Waals surface area contributed by atoms with Gasteiger partial charge in [-0.25, -0.2) is 0 Å². The maximum Gasteiger partial charge on any atom is 0.293 e. The molecule has 0 aliphatic carbocycles. The molecule has 0 radical (unpaired) electrons. The van der Waals surface area contributed by atoms with Gasteiger partial charge in [-0.15, -0.1) is 0 Å². The Hall–Kier alpha value is -2.73. The Morgan fingerprint density at radius 3 is 2.48 bits per heavy atom. The number of amides is 2. The van der Waals surface area contributed by atoms with Gasteiger partial charge in [0.25, 0.3) is 11.1 Å². The SMILES string of the molecule is CCOc1ccc(/C=C2\SC(=O)N(Cc3ccc(C)cc3)C2=O)cc1OC. The number of nitrogens with zero attached hydrogens (tertiary/aromatic N) is 1. The van der Waals surface area contributed by atoms with Gasteiger partial charge < -0.3 is 9.47 Å². The third kappa shape index (κ3) is 4.34. The van der Waals surface area contributed by atoms with E-state index in [4.69, 9.17) is 9.47 Å². The molecule has 27 heavy (non-hydrogen) atoms. The Morgan fingerprint density at radius 1 is 1.07 bits per heavy atom. The number of hydrogen-bond donors (Lipinski definition) is 0. The number of carbonyl (C=O) groups is 2. The van der Waals surface area contributed by atoms with Gasteiger partial charge in [-0.3, -0.25) is 14.5 Å². The fourth-order valence-electron chi connectivity index (χ4n) is 2.71. The first-order valence-electron chi connectivity index (χ1n) is 8.63. The third-order valence-electron chi connectivity index (χ3n) is 4.12. The lowest BCUT2D eigenvalue weighted by molar-refractivity contribution is -0.123. The standard InChI is InChI=1S/C21H21NO4S/c1-4-26-17-10-9-16(11-18(17)25-3)12-19-20(23)22(21(24)27-19)13-15-7-5-14(2)6-8-15/h5-12H,4,13H2,1-3H3/b19-12-. The fourth-order valence-corrected chi connectivity index (χ4v) is 3.55. The first-order chi connectivity index (χ1) is 13.0. The normalized spacial score (nSPS) is 15.5. The number of thioether (sulfide) groups is 1. The van der Waals surface area contributed by atoms with Gasteiger partial charge in [-0.2, -0.15) is 0 Å². The highest BCUT2D eigenvalue weighted by atomic mass is 32.2. The molecule has 0 atom stereocenters. The van der Waals surface area contributed by atoms with Crippen molar-refractivity contribution in [2.75, 3.05) is 13.7 Å². The van der Waals surface area contributed by atoms with Gasteiger partial charge in [0.05, 0.1) is 25.2 Å². The van der Waals surface area contributed by atoms with Crippen LogP contribution in [-0.4, -0.2) is 29.8 Å². The van der Waals surface area contributed by atoms with Crippen molar-refractivity contribution in [1.82, 2.24) is 4.90 Å². The van der Waals surface area contributed by atoms with Crippen LogP contribution in [0.2, 0.25) is 0 Å². The Balaban J connectivity index is 1.80. The summed E-state index contributed by atoms with van der Waals surface area (Å²) in [7, 11) is 1.57. The van der Waals surface area contributed by atoms with E-state index in [9.17, 15) is 9.59 Å². The van der Waals surface area contributed by atoms with E-state index in [2.05, 4.69) is 0 Å². The molecule has 2 aromatic carbocycles. The van der Waals surface area contributed by atoms with Crippen LogP contribution in [0.25, 0.3) is 6.08 Å². The summed E-state index contributed by atoms with van der Waals surface area (Å²) in [5, 5.41) is -0.260. The van der Waals surface area contributed by atoms with E-state index in [0.717, 1.165) is 28.5 Å². The van der Waals surface area contributed by atoms with Crippen LogP contribution in [0.3, 0.4) is 0 Å². The molecule has 0 N–H and O–H groups in total. The predicted octanol–water partition coefficient (Wildman–Crippen LogP) is 4.64. The summed E-state index contributed by atoms with van der Waals surface area (Å²) in [6.45, 7) is 4.71. The Labute approximate surface area is 163 Å². The number of methoxy groups -OCH3 is 1. The van der Waals surface area contributed by atoms with Gasteiger partial charge in [0.15, 0.2) is 11.5 Å². The highest BCUT2D eigenvalue weighted by molar-refractivity contribution is 8.18. The van der Waals surface area contributed by atoms with Crippen molar-refractivity contribution in [3.63, 3.8) is 0 Å². The van der Waals surface area contributed by atoms with E-state index in [1.807, 2.05) is 44.2 Å². The Morgan fingerprint density at radius 2 is 1.81 bits per heavy atom. The second kappa shape index (κ2) is 8.31. The molecule has 140 valence electrons. The number of benzene rings is 2. The average Bonchev–Trinajstić information content (AvgIpc) is 2.92. The molecule has 0 bridgehead atoms. The molecule has 1 fully saturated rings. The first kappa shape index (κ1) is 19.0. The summed E-state index contributed by atoms with van der Waals surface area (Å²) in [6, 6.07) is 13.2. The smallest absolute Gasteiger partial charge is 0.293 e. The number of aryl methyl sites for hydroxylation is 1. The number of ether oxygens (including phenoxy) is 2. The number of carbonyl (C=O) groups excluding carboxylic acids is 2. The van der Waals surface area contributed by atoms with E-state index in [1.54, 1.807) is 25.3 Å². The van der Waals surface area contributed by atoms with Crippen molar-refractivity contribution in [3.05, 3.63) is 64.1 Å². The van der Waals surface area contributed by atoms with Crippen molar-refractivity contribution in [2.24, 2.45) is 0 Å². The quantitative estimate of drug-likeness (QED) is 0.680. The van der Waals surface area contributed by atoms with Gasteiger partial charge in [0, 0.05) is 0 Å². The van der Waals surface area contributed by atoms with Crippen LogP contribution in [0.15, 0.2) is 47.4 Å². The van der Waals surface area contributed by atoms with Crippen LogP contribution in [0.5, 0.6) is 11.5 Å². The van der Waals surface area contributed by atoms with Gasteiger partial charge in [-0.05, 0) is 54.9 Å². The predicted molar refractivity (Wildman–Crippen MR) is 107 cm³/mol. The highest BCUT2D eigenvalue weighted by Gasteiger charge is 2.35. The molecule has 1 aliphatic rings. The molecule has 1 aliphatic heterocycles. The summed E-state index contributed by atoms with van der Waals surface area (Å²) in [5.74, 6) is 0.951. The molecule has 0 unspecified atom stereocenters.